The second-order valence-corrected chi connectivity index (χ2v) is 7.59. The summed E-state index contributed by atoms with van der Waals surface area (Å²) in [7, 11) is 0. The lowest BCUT2D eigenvalue weighted by molar-refractivity contribution is 0.102. The van der Waals surface area contributed by atoms with Crippen molar-refractivity contribution in [3.8, 4) is 0 Å². The highest BCUT2D eigenvalue weighted by Gasteiger charge is 2.52. The maximum Gasteiger partial charge on any atom is 0.274 e. The van der Waals surface area contributed by atoms with Crippen molar-refractivity contribution < 1.29 is 13.9 Å². The molecular weight excluding hydrogens is 369 g/mol. The number of nitrogens with one attached hydrogen (secondary N) is 1. The highest BCUT2D eigenvalue weighted by Crippen LogP contribution is 2.48. The van der Waals surface area contributed by atoms with Crippen LogP contribution in [0.3, 0.4) is 0 Å². The van der Waals surface area contributed by atoms with Gasteiger partial charge < -0.3 is 15.8 Å². The van der Waals surface area contributed by atoms with Crippen molar-refractivity contribution in [3.63, 3.8) is 0 Å². The number of halogens is 1. The number of thioether (sulfide) groups is 1. The number of hydrogen-bond acceptors (Lipinski definition) is 7. The van der Waals surface area contributed by atoms with E-state index in [4.69, 9.17) is 10.5 Å². The van der Waals surface area contributed by atoms with Crippen LogP contribution in [0.2, 0.25) is 0 Å². The number of ether oxygens (including phenoxy) is 1. The Kier molecular flexibility index (Phi) is 4.56. The number of anilines is 1. The SMILES string of the molecule is CC1OCC2(c3cc(NC(=O)c4ccncn4)ccc3F)N=C(N)SCC12. The molecule has 1 saturated heterocycles. The molecule has 2 aliphatic rings. The predicted molar refractivity (Wildman–Crippen MR) is 101 cm³/mol. The number of hydrogen-bond donors (Lipinski definition) is 2. The van der Waals surface area contributed by atoms with Gasteiger partial charge in [-0.3, -0.25) is 4.79 Å². The number of benzene rings is 1. The molecule has 3 N–H and O–H groups in total. The van der Waals surface area contributed by atoms with Crippen molar-refractivity contribution in [1.29, 1.82) is 0 Å². The lowest BCUT2D eigenvalue weighted by Crippen LogP contribution is -2.41. The predicted octanol–water partition coefficient (Wildman–Crippen LogP) is 2.16. The van der Waals surface area contributed by atoms with E-state index in [1.165, 1.54) is 42.5 Å². The van der Waals surface area contributed by atoms with Gasteiger partial charge in [-0.1, -0.05) is 11.8 Å². The summed E-state index contributed by atoms with van der Waals surface area (Å²) in [4.78, 5) is 24.6. The Morgan fingerprint density at radius 1 is 1.44 bits per heavy atom. The largest absolute Gasteiger partial charge is 0.379 e. The first-order valence-corrected chi connectivity index (χ1v) is 9.45. The number of amides is 1. The quantitative estimate of drug-likeness (QED) is 0.837. The van der Waals surface area contributed by atoms with Crippen LogP contribution in [-0.4, -0.2) is 39.5 Å². The molecular formula is C18H18FN5O2S. The fraction of sp³-hybridized carbons (Fsp3) is 0.333. The van der Waals surface area contributed by atoms with Crippen molar-refractivity contribution in [2.45, 2.75) is 18.6 Å². The summed E-state index contributed by atoms with van der Waals surface area (Å²) in [6.07, 6.45) is 2.71. The topological polar surface area (TPSA) is 102 Å². The summed E-state index contributed by atoms with van der Waals surface area (Å²) >= 11 is 1.45. The van der Waals surface area contributed by atoms with Crippen LogP contribution in [0.15, 0.2) is 41.8 Å². The van der Waals surface area contributed by atoms with Gasteiger partial charge in [0.1, 0.15) is 23.4 Å². The van der Waals surface area contributed by atoms with Gasteiger partial charge in [-0.25, -0.2) is 19.4 Å². The summed E-state index contributed by atoms with van der Waals surface area (Å²) in [6.45, 7) is 2.21. The Morgan fingerprint density at radius 2 is 2.30 bits per heavy atom. The van der Waals surface area contributed by atoms with Crippen LogP contribution in [0.4, 0.5) is 10.1 Å². The van der Waals surface area contributed by atoms with Gasteiger partial charge in [-0.15, -0.1) is 0 Å². The normalized spacial score (nSPS) is 27.0. The smallest absolute Gasteiger partial charge is 0.274 e. The molecule has 3 heterocycles. The van der Waals surface area contributed by atoms with Crippen molar-refractivity contribution >= 4 is 28.5 Å². The fourth-order valence-electron chi connectivity index (χ4n) is 3.56. The number of aliphatic imine (C=N–C) groups is 1. The standard InChI is InChI=1S/C18H18FN5O2S/c1-10-13-7-27-17(20)24-18(13,8-26-10)12-6-11(2-3-14(12)19)23-16(25)15-4-5-21-9-22-15/h2-6,9-10,13H,7-8H2,1H3,(H2,20,24)(H,23,25). The van der Waals surface area contributed by atoms with Gasteiger partial charge in [0, 0.05) is 29.1 Å². The van der Waals surface area contributed by atoms with E-state index in [0.717, 1.165) is 0 Å². The summed E-state index contributed by atoms with van der Waals surface area (Å²) < 4.78 is 20.6. The van der Waals surface area contributed by atoms with Crippen LogP contribution >= 0.6 is 11.8 Å². The van der Waals surface area contributed by atoms with Gasteiger partial charge in [0.2, 0.25) is 0 Å². The van der Waals surface area contributed by atoms with E-state index in [9.17, 15) is 9.18 Å². The van der Waals surface area contributed by atoms with Crippen molar-refractivity contribution in [1.82, 2.24) is 9.97 Å². The van der Waals surface area contributed by atoms with E-state index in [-0.39, 0.29) is 24.3 Å². The van der Waals surface area contributed by atoms with Crippen LogP contribution in [0, 0.1) is 11.7 Å². The molecule has 0 saturated carbocycles. The zero-order chi connectivity index (χ0) is 19.0. The first-order chi connectivity index (χ1) is 13.0. The van der Waals surface area contributed by atoms with Gasteiger partial charge >= 0.3 is 0 Å². The maximum atomic E-state index is 14.8. The molecule has 9 heteroatoms. The molecule has 1 amide bonds. The number of fused-ring (bicyclic) bond motifs is 1. The highest BCUT2D eigenvalue weighted by molar-refractivity contribution is 8.13. The van der Waals surface area contributed by atoms with Crippen molar-refractivity contribution in [2.75, 3.05) is 17.7 Å². The molecule has 2 aromatic rings. The molecule has 140 valence electrons. The number of amidine groups is 1. The highest BCUT2D eigenvalue weighted by atomic mass is 32.2. The van der Waals surface area contributed by atoms with Crippen LogP contribution in [0.1, 0.15) is 23.0 Å². The average Bonchev–Trinajstić information content (AvgIpc) is 3.00. The number of aromatic nitrogens is 2. The number of rotatable bonds is 3. The Morgan fingerprint density at radius 3 is 3.07 bits per heavy atom. The molecule has 0 bridgehead atoms. The summed E-state index contributed by atoms with van der Waals surface area (Å²) in [6, 6.07) is 5.94. The molecule has 0 spiro atoms. The minimum Gasteiger partial charge on any atom is -0.379 e. The minimum absolute atomic E-state index is 0.00267. The third-order valence-electron chi connectivity index (χ3n) is 4.97. The molecule has 1 aromatic carbocycles. The number of carbonyl (C=O) groups is 1. The lowest BCUT2D eigenvalue weighted by Gasteiger charge is -2.35. The minimum atomic E-state index is -0.880. The molecule has 3 atom stereocenters. The van der Waals surface area contributed by atoms with E-state index in [2.05, 4.69) is 20.3 Å². The molecule has 2 aliphatic heterocycles. The lowest BCUT2D eigenvalue weighted by atomic mass is 9.79. The van der Waals surface area contributed by atoms with E-state index in [1.54, 1.807) is 6.07 Å². The van der Waals surface area contributed by atoms with Gasteiger partial charge in [0.15, 0.2) is 5.17 Å². The molecule has 27 heavy (non-hydrogen) atoms. The van der Waals surface area contributed by atoms with E-state index >= 15 is 0 Å². The van der Waals surface area contributed by atoms with Gasteiger partial charge in [-0.05, 0) is 31.2 Å². The first kappa shape index (κ1) is 17.9. The van der Waals surface area contributed by atoms with Crippen LogP contribution in [0.25, 0.3) is 0 Å². The number of nitrogens with zero attached hydrogens (tertiary/aromatic N) is 3. The van der Waals surface area contributed by atoms with E-state index in [0.29, 0.717) is 22.2 Å². The zero-order valence-corrected chi connectivity index (χ0v) is 15.4. The number of nitrogens with two attached hydrogens (primary N) is 1. The van der Waals surface area contributed by atoms with Crippen molar-refractivity contribution in [3.05, 3.63) is 53.9 Å². The molecule has 0 radical (unpaired) electrons. The van der Waals surface area contributed by atoms with Crippen molar-refractivity contribution in [2.24, 2.45) is 16.6 Å². The molecule has 1 fully saturated rings. The third kappa shape index (κ3) is 3.17. The van der Waals surface area contributed by atoms with Gasteiger partial charge in [0.25, 0.3) is 5.91 Å². The maximum absolute atomic E-state index is 14.8. The Hall–Kier alpha value is -2.52. The Bertz CT molecular complexity index is 910. The third-order valence-corrected chi connectivity index (χ3v) is 5.88. The van der Waals surface area contributed by atoms with E-state index < -0.39 is 17.3 Å². The zero-order valence-electron chi connectivity index (χ0n) is 14.6. The second kappa shape index (κ2) is 6.90. The molecule has 4 rings (SSSR count). The van der Waals surface area contributed by atoms with Crippen LogP contribution in [0.5, 0.6) is 0 Å². The molecule has 0 aliphatic carbocycles. The second-order valence-electron chi connectivity index (χ2n) is 6.55. The van der Waals surface area contributed by atoms with Gasteiger partial charge in [-0.2, -0.15) is 0 Å². The van der Waals surface area contributed by atoms with Crippen LogP contribution < -0.4 is 11.1 Å². The first-order valence-electron chi connectivity index (χ1n) is 8.47. The number of carbonyl (C=O) groups excluding carboxylic acids is 1. The summed E-state index contributed by atoms with van der Waals surface area (Å²) in [5, 5.41) is 3.16. The molecule has 7 nitrogen and oxygen atoms in total. The molecule has 3 unspecified atom stereocenters. The average molecular weight is 387 g/mol. The summed E-state index contributed by atoms with van der Waals surface area (Å²) in [5.74, 6) is -0.103. The molecule has 1 aromatic heterocycles. The Balaban J connectivity index is 1.70. The summed E-state index contributed by atoms with van der Waals surface area (Å²) in [5.41, 5.74) is 6.13. The monoisotopic (exact) mass is 387 g/mol. The fourth-order valence-corrected chi connectivity index (χ4v) is 4.68. The Labute approximate surface area is 159 Å². The van der Waals surface area contributed by atoms with Gasteiger partial charge in [0.05, 0.1) is 12.7 Å². The van der Waals surface area contributed by atoms with Crippen LogP contribution in [-0.2, 0) is 10.3 Å². The van der Waals surface area contributed by atoms with E-state index in [1.807, 2.05) is 6.92 Å².